The molecule has 6 heteroatoms. The Labute approximate surface area is 141 Å². The zero-order valence-corrected chi connectivity index (χ0v) is 14.0. The van der Waals surface area contributed by atoms with Gasteiger partial charge in [0.1, 0.15) is 0 Å². The Bertz CT molecular complexity index is 595. The highest BCUT2D eigenvalue weighted by Gasteiger charge is 2.44. The Balaban J connectivity index is 1.66. The maximum absolute atomic E-state index is 14.0. The summed E-state index contributed by atoms with van der Waals surface area (Å²) in [6.45, 7) is 3.02. The summed E-state index contributed by atoms with van der Waals surface area (Å²) in [5.74, 6) is -1.47. The lowest BCUT2D eigenvalue weighted by Gasteiger charge is -2.38. The number of carbonyl (C=O) groups excluding carboxylic acids is 1. The number of methoxy groups -OCH3 is 1. The molecule has 1 amide bonds. The van der Waals surface area contributed by atoms with Crippen LogP contribution in [-0.2, 0) is 9.53 Å². The van der Waals surface area contributed by atoms with Gasteiger partial charge in [0.2, 0.25) is 5.91 Å². The Kier molecular flexibility index (Phi) is 5.15. The molecule has 2 aliphatic rings. The minimum absolute atomic E-state index is 0.0372. The van der Waals surface area contributed by atoms with Crippen LogP contribution < -0.4 is 5.32 Å². The Morgan fingerprint density at radius 1 is 1.38 bits per heavy atom. The van der Waals surface area contributed by atoms with E-state index in [9.17, 15) is 13.6 Å². The molecule has 1 unspecified atom stereocenters. The molecule has 24 heavy (non-hydrogen) atoms. The minimum atomic E-state index is -0.804. The molecule has 0 aromatic heterocycles. The molecule has 0 bridgehead atoms. The number of benzene rings is 1. The third kappa shape index (κ3) is 3.17. The number of hydrogen-bond donors (Lipinski definition) is 1. The summed E-state index contributed by atoms with van der Waals surface area (Å²) in [5.41, 5.74) is -0.0534. The van der Waals surface area contributed by atoms with Crippen molar-refractivity contribution in [3.05, 3.63) is 35.4 Å². The van der Waals surface area contributed by atoms with E-state index >= 15 is 0 Å². The summed E-state index contributed by atoms with van der Waals surface area (Å²) in [5, 5.41) is 3.25. The molecule has 0 radical (unpaired) electrons. The van der Waals surface area contributed by atoms with E-state index in [1.807, 2.05) is 4.90 Å². The molecule has 0 saturated carbocycles. The van der Waals surface area contributed by atoms with Gasteiger partial charge in [0, 0.05) is 26.7 Å². The first-order chi connectivity index (χ1) is 11.6. The summed E-state index contributed by atoms with van der Waals surface area (Å²) < 4.78 is 32.7. The number of piperidine rings is 1. The van der Waals surface area contributed by atoms with Crippen LogP contribution in [0.4, 0.5) is 8.78 Å². The number of hydrogen-bond acceptors (Lipinski definition) is 3. The van der Waals surface area contributed by atoms with Crippen LogP contribution in [0, 0.1) is 17.0 Å². The second-order valence-electron chi connectivity index (χ2n) is 6.85. The molecule has 4 nitrogen and oxygen atoms in total. The molecule has 132 valence electrons. The molecule has 1 aromatic rings. The van der Waals surface area contributed by atoms with Gasteiger partial charge in [-0.1, -0.05) is 12.1 Å². The largest absolute Gasteiger partial charge is 0.384 e. The molecular weight excluding hydrogens is 314 g/mol. The fourth-order valence-corrected chi connectivity index (χ4v) is 3.95. The SMILES string of the molecule is COCC1(C(=O)N2CCC(c3cccc(F)c3F)CC2)CCNC1. The second kappa shape index (κ2) is 7.15. The highest BCUT2D eigenvalue weighted by molar-refractivity contribution is 5.83. The topological polar surface area (TPSA) is 41.6 Å². The zero-order valence-electron chi connectivity index (χ0n) is 14.0. The summed E-state index contributed by atoms with van der Waals surface area (Å²) in [4.78, 5) is 14.8. The molecule has 0 spiro atoms. The molecule has 2 aliphatic heterocycles. The average molecular weight is 338 g/mol. The summed E-state index contributed by atoms with van der Waals surface area (Å²) in [6, 6.07) is 4.33. The first-order valence-electron chi connectivity index (χ1n) is 8.50. The van der Waals surface area contributed by atoms with Crippen molar-refractivity contribution in [2.24, 2.45) is 5.41 Å². The monoisotopic (exact) mass is 338 g/mol. The van der Waals surface area contributed by atoms with Crippen molar-refractivity contribution in [2.75, 3.05) is 39.9 Å². The van der Waals surface area contributed by atoms with Gasteiger partial charge in [-0.25, -0.2) is 8.78 Å². The molecule has 1 atom stereocenters. The van der Waals surface area contributed by atoms with Gasteiger partial charge in [0.25, 0.3) is 0 Å². The van der Waals surface area contributed by atoms with Gasteiger partial charge in [-0.05, 0) is 43.4 Å². The van der Waals surface area contributed by atoms with Crippen LogP contribution >= 0.6 is 0 Å². The van der Waals surface area contributed by atoms with Gasteiger partial charge in [-0.2, -0.15) is 0 Å². The first-order valence-corrected chi connectivity index (χ1v) is 8.50. The summed E-state index contributed by atoms with van der Waals surface area (Å²) >= 11 is 0. The smallest absolute Gasteiger partial charge is 0.232 e. The van der Waals surface area contributed by atoms with Gasteiger partial charge in [-0.15, -0.1) is 0 Å². The van der Waals surface area contributed by atoms with E-state index < -0.39 is 17.0 Å². The van der Waals surface area contributed by atoms with Crippen molar-refractivity contribution < 1.29 is 18.3 Å². The lowest BCUT2D eigenvalue weighted by atomic mass is 9.84. The van der Waals surface area contributed by atoms with Crippen LogP contribution in [0.5, 0.6) is 0 Å². The molecule has 1 aromatic carbocycles. The van der Waals surface area contributed by atoms with Crippen LogP contribution in [0.2, 0.25) is 0 Å². The maximum atomic E-state index is 14.0. The predicted octanol–water partition coefficient (Wildman–Crippen LogP) is 2.30. The zero-order chi connectivity index (χ0) is 17.2. The van der Waals surface area contributed by atoms with Gasteiger partial charge in [0.05, 0.1) is 12.0 Å². The molecule has 2 saturated heterocycles. The number of nitrogens with one attached hydrogen (secondary N) is 1. The molecule has 0 aliphatic carbocycles. The van der Waals surface area contributed by atoms with Crippen molar-refractivity contribution >= 4 is 5.91 Å². The fourth-order valence-electron chi connectivity index (χ4n) is 3.95. The predicted molar refractivity (Wildman–Crippen MR) is 86.7 cm³/mol. The highest BCUT2D eigenvalue weighted by atomic mass is 19.2. The van der Waals surface area contributed by atoms with Crippen LogP contribution in [0.15, 0.2) is 18.2 Å². The van der Waals surface area contributed by atoms with Crippen molar-refractivity contribution in [1.29, 1.82) is 0 Å². The lowest BCUT2D eigenvalue weighted by Crippen LogP contribution is -2.50. The van der Waals surface area contributed by atoms with Crippen molar-refractivity contribution in [3.8, 4) is 0 Å². The van der Waals surface area contributed by atoms with E-state index in [0.717, 1.165) is 19.0 Å². The third-order valence-corrected chi connectivity index (χ3v) is 5.32. The summed E-state index contributed by atoms with van der Waals surface area (Å²) in [7, 11) is 1.62. The number of likely N-dealkylation sites (tertiary alicyclic amines) is 1. The number of rotatable bonds is 4. The normalized spacial score (nSPS) is 25.2. The second-order valence-corrected chi connectivity index (χ2v) is 6.85. The molecular formula is C18H24F2N2O2. The lowest BCUT2D eigenvalue weighted by molar-refractivity contribution is -0.145. The van der Waals surface area contributed by atoms with Gasteiger partial charge >= 0.3 is 0 Å². The Morgan fingerprint density at radius 2 is 2.12 bits per heavy atom. The van der Waals surface area contributed by atoms with Gasteiger partial charge in [0.15, 0.2) is 11.6 Å². The molecule has 3 rings (SSSR count). The fraction of sp³-hybridized carbons (Fsp3) is 0.611. The van der Waals surface area contributed by atoms with Gasteiger partial charge in [-0.3, -0.25) is 4.79 Å². The number of halogens is 2. The average Bonchev–Trinajstić information content (AvgIpc) is 3.07. The van der Waals surface area contributed by atoms with E-state index in [0.29, 0.717) is 44.6 Å². The molecule has 2 heterocycles. The minimum Gasteiger partial charge on any atom is -0.384 e. The van der Waals surface area contributed by atoms with Crippen LogP contribution in [-0.4, -0.2) is 50.7 Å². The van der Waals surface area contributed by atoms with E-state index in [1.165, 1.54) is 0 Å². The standard InChI is InChI=1S/C18H24F2N2O2/c1-24-12-18(7-8-21-11-18)17(23)22-9-5-13(6-10-22)14-3-2-4-15(19)16(14)20/h2-4,13,21H,5-12H2,1H3. The number of nitrogens with zero attached hydrogens (tertiary/aromatic N) is 1. The van der Waals surface area contributed by atoms with Crippen molar-refractivity contribution in [1.82, 2.24) is 10.2 Å². The van der Waals surface area contributed by atoms with E-state index in [2.05, 4.69) is 5.32 Å². The maximum Gasteiger partial charge on any atom is 0.232 e. The number of ether oxygens (including phenoxy) is 1. The van der Waals surface area contributed by atoms with Crippen molar-refractivity contribution in [2.45, 2.75) is 25.2 Å². The van der Waals surface area contributed by atoms with Gasteiger partial charge < -0.3 is 15.0 Å². The number of amides is 1. The Hall–Kier alpha value is -1.53. The van der Waals surface area contributed by atoms with E-state index in [4.69, 9.17) is 4.74 Å². The van der Waals surface area contributed by atoms with Crippen LogP contribution in [0.3, 0.4) is 0 Å². The van der Waals surface area contributed by atoms with Crippen LogP contribution in [0.1, 0.15) is 30.7 Å². The first kappa shape index (κ1) is 17.3. The van der Waals surface area contributed by atoms with E-state index in [1.54, 1.807) is 19.2 Å². The molecule has 2 fully saturated rings. The quantitative estimate of drug-likeness (QED) is 0.916. The van der Waals surface area contributed by atoms with Crippen molar-refractivity contribution in [3.63, 3.8) is 0 Å². The van der Waals surface area contributed by atoms with Crippen LogP contribution in [0.25, 0.3) is 0 Å². The summed E-state index contributed by atoms with van der Waals surface area (Å²) in [6.07, 6.45) is 2.09. The Morgan fingerprint density at radius 3 is 2.75 bits per heavy atom. The highest BCUT2D eigenvalue weighted by Crippen LogP contribution is 2.34. The van der Waals surface area contributed by atoms with E-state index in [-0.39, 0.29) is 11.8 Å². The number of carbonyl (C=O) groups is 1. The molecule has 1 N–H and O–H groups in total. The third-order valence-electron chi connectivity index (χ3n) is 5.32.